The molecule has 0 spiro atoms. The van der Waals surface area contributed by atoms with E-state index >= 15 is 0 Å². The van der Waals surface area contributed by atoms with Gasteiger partial charge in [0.25, 0.3) is 0 Å². The minimum atomic E-state index is -0.814. The molecule has 1 fully saturated rings. The zero-order valence-corrected chi connectivity index (χ0v) is 12.0. The van der Waals surface area contributed by atoms with Gasteiger partial charge in [-0.2, -0.15) is 0 Å². The lowest BCUT2D eigenvalue weighted by Crippen LogP contribution is -2.40. The largest absolute Gasteiger partial charge is 0.396 e. The highest BCUT2D eigenvalue weighted by Crippen LogP contribution is 2.35. The monoisotopic (exact) mass is 283 g/mol. The van der Waals surface area contributed by atoms with E-state index in [2.05, 4.69) is 5.32 Å². The first kappa shape index (κ1) is 15.4. The number of rotatable bonds is 5. The minimum Gasteiger partial charge on any atom is -0.396 e. The number of hydrogen-bond donors (Lipinski definition) is 2. The second-order valence-electron chi connectivity index (χ2n) is 5.96. The summed E-state index contributed by atoms with van der Waals surface area (Å²) in [5.74, 6) is -1.60. The Labute approximate surface area is 119 Å². The van der Waals surface area contributed by atoms with Gasteiger partial charge in [-0.1, -0.05) is 31.4 Å². The second-order valence-corrected chi connectivity index (χ2v) is 5.96. The van der Waals surface area contributed by atoms with E-state index in [0.717, 1.165) is 31.7 Å². The van der Waals surface area contributed by atoms with E-state index in [4.69, 9.17) is 0 Å². The molecule has 20 heavy (non-hydrogen) atoms. The predicted molar refractivity (Wildman–Crippen MR) is 75.4 cm³/mol. The number of aliphatic hydroxyl groups excluding tert-OH is 1. The highest BCUT2D eigenvalue weighted by molar-refractivity contribution is 5.22. The van der Waals surface area contributed by atoms with Crippen molar-refractivity contribution >= 4 is 0 Å². The average molecular weight is 283 g/mol. The molecular weight excluding hydrogens is 260 g/mol. The van der Waals surface area contributed by atoms with Crippen molar-refractivity contribution in [2.75, 3.05) is 13.2 Å². The fourth-order valence-electron chi connectivity index (χ4n) is 3.03. The van der Waals surface area contributed by atoms with E-state index in [1.54, 1.807) is 6.07 Å². The quantitative estimate of drug-likeness (QED) is 0.866. The predicted octanol–water partition coefficient (Wildman–Crippen LogP) is 3.56. The average Bonchev–Trinajstić information content (AvgIpc) is 2.48. The molecule has 1 aromatic carbocycles. The number of benzene rings is 1. The van der Waals surface area contributed by atoms with Crippen LogP contribution in [0.15, 0.2) is 18.2 Å². The standard InChI is InChI=1S/C16H23F2NO/c1-12(13-6-5-7-14(17)15(13)18)19-10-16(11-20)8-3-2-4-9-16/h5-7,12,19-20H,2-4,8-11H2,1H3. The van der Waals surface area contributed by atoms with Gasteiger partial charge in [-0.25, -0.2) is 8.78 Å². The summed E-state index contributed by atoms with van der Waals surface area (Å²) in [4.78, 5) is 0. The maximum absolute atomic E-state index is 13.7. The van der Waals surface area contributed by atoms with Gasteiger partial charge in [-0.15, -0.1) is 0 Å². The smallest absolute Gasteiger partial charge is 0.163 e. The van der Waals surface area contributed by atoms with Crippen LogP contribution in [0.25, 0.3) is 0 Å². The van der Waals surface area contributed by atoms with Crippen LogP contribution in [0, 0.1) is 17.0 Å². The molecule has 1 aliphatic rings. The number of aliphatic hydroxyl groups is 1. The van der Waals surface area contributed by atoms with Gasteiger partial charge < -0.3 is 10.4 Å². The van der Waals surface area contributed by atoms with Gasteiger partial charge in [0, 0.05) is 30.2 Å². The van der Waals surface area contributed by atoms with Gasteiger partial charge in [0.05, 0.1) is 0 Å². The first-order valence-electron chi connectivity index (χ1n) is 7.36. The number of halogens is 2. The van der Waals surface area contributed by atoms with E-state index in [1.165, 1.54) is 12.5 Å². The molecule has 0 amide bonds. The molecule has 0 aromatic heterocycles. The molecule has 0 heterocycles. The van der Waals surface area contributed by atoms with E-state index in [0.29, 0.717) is 12.1 Å². The Morgan fingerprint density at radius 2 is 1.95 bits per heavy atom. The van der Waals surface area contributed by atoms with Crippen molar-refractivity contribution in [2.45, 2.75) is 45.1 Å². The minimum absolute atomic E-state index is 0.101. The summed E-state index contributed by atoms with van der Waals surface area (Å²) in [6, 6.07) is 3.98. The van der Waals surface area contributed by atoms with Crippen LogP contribution in [-0.2, 0) is 0 Å². The number of hydrogen-bond acceptors (Lipinski definition) is 2. The molecule has 0 radical (unpaired) electrons. The second kappa shape index (κ2) is 6.64. The third kappa shape index (κ3) is 3.36. The summed E-state index contributed by atoms with van der Waals surface area (Å²) in [5.41, 5.74) is 0.241. The molecule has 1 atom stereocenters. The molecular formula is C16H23F2NO. The van der Waals surface area contributed by atoms with Crippen LogP contribution in [0.2, 0.25) is 0 Å². The summed E-state index contributed by atoms with van der Waals surface area (Å²) in [5, 5.41) is 12.9. The highest BCUT2D eigenvalue weighted by Gasteiger charge is 2.31. The maximum atomic E-state index is 13.7. The molecule has 4 heteroatoms. The zero-order valence-electron chi connectivity index (χ0n) is 12.0. The van der Waals surface area contributed by atoms with Crippen LogP contribution in [0.4, 0.5) is 8.78 Å². The summed E-state index contributed by atoms with van der Waals surface area (Å²) in [6.45, 7) is 2.62. The molecule has 1 saturated carbocycles. The Bertz CT molecular complexity index is 444. The van der Waals surface area contributed by atoms with Gasteiger partial charge in [0.15, 0.2) is 11.6 Å². The van der Waals surface area contributed by atoms with E-state index in [-0.39, 0.29) is 18.1 Å². The van der Waals surface area contributed by atoms with Crippen molar-refractivity contribution in [1.29, 1.82) is 0 Å². The third-order valence-electron chi connectivity index (χ3n) is 4.48. The first-order valence-corrected chi connectivity index (χ1v) is 7.36. The Kier molecular flexibility index (Phi) is 5.11. The van der Waals surface area contributed by atoms with E-state index in [9.17, 15) is 13.9 Å². The fraction of sp³-hybridized carbons (Fsp3) is 0.625. The van der Waals surface area contributed by atoms with Gasteiger partial charge in [0.2, 0.25) is 0 Å². The highest BCUT2D eigenvalue weighted by atomic mass is 19.2. The topological polar surface area (TPSA) is 32.3 Å². The van der Waals surface area contributed by atoms with Crippen molar-refractivity contribution in [3.63, 3.8) is 0 Å². The van der Waals surface area contributed by atoms with Crippen LogP contribution in [0.3, 0.4) is 0 Å². The van der Waals surface area contributed by atoms with Crippen molar-refractivity contribution in [3.05, 3.63) is 35.4 Å². The van der Waals surface area contributed by atoms with Crippen molar-refractivity contribution < 1.29 is 13.9 Å². The Morgan fingerprint density at radius 3 is 2.60 bits per heavy atom. The van der Waals surface area contributed by atoms with E-state index in [1.807, 2.05) is 6.92 Å². The normalized spacial score (nSPS) is 19.8. The SMILES string of the molecule is CC(NCC1(CO)CCCCC1)c1cccc(F)c1F. The van der Waals surface area contributed by atoms with E-state index < -0.39 is 11.6 Å². The van der Waals surface area contributed by atoms with Crippen molar-refractivity contribution in [3.8, 4) is 0 Å². The molecule has 0 aliphatic heterocycles. The molecule has 1 aromatic rings. The summed E-state index contributed by atoms with van der Waals surface area (Å²) < 4.78 is 27.0. The molecule has 112 valence electrons. The molecule has 0 bridgehead atoms. The molecule has 2 N–H and O–H groups in total. The zero-order chi connectivity index (χ0) is 14.6. The molecule has 2 rings (SSSR count). The molecule has 0 saturated heterocycles. The van der Waals surface area contributed by atoms with Crippen LogP contribution in [0.1, 0.15) is 50.6 Å². The van der Waals surface area contributed by atoms with Crippen LogP contribution < -0.4 is 5.32 Å². The molecule has 1 aliphatic carbocycles. The summed E-state index contributed by atoms with van der Waals surface area (Å²) >= 11 is 0. The molecule has 2 nitrogen and oxygen atoms in total. The lowest BCUT2D eigenvalue weighted by Gasteiger charge is -2.36. The van der Waals surface area contributed by atoms with Gasteiger partial charge in [-0.3, -0.25) is 0 Å². The van der Waals surface area contributed by atoms with Gasteiger partial charge in [0.1, 0.15) is 0 Å². The Hall–Kier alpha value is -1.00. The molecule has 1 unspecified atom stereocenters. The van der Waals surface area contributed by atoms with Crippen molar-refractivity contribution in [1.82, 2.24) is 5.32 Å². The lowest BCUT2D eigenvalue weighted by atomic mass is 9.74. The summed E-state index contributed by atoms with van der Waals surface area (Å²) in [6.07, 6.45) is 5.47. The first-order chi connectivity index (χ1) is 9.58. The van der Waals surface area contributed by atoms with Crippen LogP contribution in [0.5, 0.6) is 0 Å². The van der Waals surface area contributed by atoms with Gasteiger partial charge in [-0.05, 0) is 25.8 Å². The van der Waals surface area contributed by atoms with Gasteiger partial charge >= 0.3 is 0 Å². The van der Waals surface area contributed by atoms with Crippen LogP contribution in [-0.4, -0.2) is 18.3 Å². The Balaban J connectivity index is 2.00. The number of nitrogens with one attached hydrogen (secondary N) is 1. The lowest BCUT2D eigenvalue weighted by molar-refractivity contribution is 0.0787. The fourth-order valence-corrected chi connectivity index (χ4v) is 3.03. The van der Waals surface area contributed by atoms with Crippen molar-refractivity contribution in [2.24, 2.45) is 5.41 Å². The Morgan fingerprint density at radius 1 is 1.25 bits per heavy atom. The maximum Gasteiger partial charge on any atom is 0.163 e. The summed E-state index contributed by atoms with van der Waals surface area (Å²) in [7, 11) is 0. The van der Waals surface area contributed by atoms with Crippen LogP contribution >= 0.6 is 0 Å². The third-order valence-corrected chi connectivity index (χ3v) is 4.48.